The van der Waals surface area contributed by atoms with E-state index in [2.05, 4.69) is 5.32 Å². The monoisotopic (exact) mass is 252 g/mol. The van der Waals surface area contributed by atoms with Gasteiger partial charge in [-0.2, -0.15) is 0 Å². The largest absolute Gasteiger partial charge is 0.493 e. The molecule has 1 aromatic rings. The number of carbonyl (C=O) groups is 1. The second-order valence-electron chi connectivity index (χ2n) is 3.77. The summed E-state index contributed by atoms with van der Waals surface area (Å²) in [6.45, 7) is 1.35. The zero-order valence-corrected chi connectivity index (χ0v) is 9.98. The lowest BCUT2D eigenvalue weighted by Crippen LogP contribution is -2.31. The first-order valence-corrected chi connectivity index (χ1v) is 5.79. The van der Waals surface area contributed by atoms with Gasteiger partial charge in [-0.1, -0.05) is 0 Å². The van der Waals surface area contributed by atoms with Crippen molar-refractivity contribution < 1.29 is 19.0 Å². The van der Waals surface area contributed by atoms with E-state index in [1.807, 2.05) is 12.1 Å². The fourth-order valence-corrected chi connectivity index (χ4v) is 1.53. The number of rotatable bonds is 6. The molecular formula is C12H16N2O4. The van der Waals surface area contributed by atoms with E-state index in [0.717, 1.165) is 17.9 Å². The minimum atomic E-state index is -0.155. The maximum atomic E-state index is 10.9. The number of amides is 1. The number of ether oxygens (including phenoxy) is 3. The van der Waals surface area contributed by atoms with Crippen molar-refractivity contribution in [3.05, 3.63) is 18.2 Å². The van der Waals surface area contributed by atoms with Gasteiger partial charge in [-0.3, -0.25) is 4.79 Å². The smallest absolute Gasteiger partial charge is 0.233 e. The van der Waals surface area contributed by atoms with Crippen LogP contribution < -0.4 is 25.3 Å². The number of hydrogen-bond donors (Lipinski definition) is 2. The first-order valence-electron chi connectivity index (χ1n) is 5.79. The van der Waals surface area contributed by atoms with Crippen molar-refractivity contribution in [3.8, 4) is 17.2 Å². The summed E-state index contributed by atoms with van der Waals surface area (Å²) in [5.41, 5.74) is 5.16. The second kappa shape index (κ2) is 6.11. The van der Waals surface area contributed by atoms with Gasteiger partial charge in [0.05, 0.1) is 13.2 Å². The molecule has 1 amide bonds. The number of hydrogen-bond acceptors (Lipinski definition) is 5. The molecule has 0 saturated carbocycles. The van der Waals surface area contributed by atoms with Gasteiger partial charge in [0.15, 0.2) is 11.5 Å². The molecule has 1 aliphatic rings. The minimum absolute atomic E-state index is 0.0169. The van der Waals surface area contributed by atoms with Gasteiger partial charge < -0.3 is 25.3 Å². The van der Waals surface area contributed by atoms with Crippen LogP contribution in [0.4, 0.5) is 0 Å². The van der Waals surface area contributed by atoms with E-state index in [0.29, 0.717) is 18.9 Å². The number of nitrogens with one attached hydrogen (secondary N) is 1. The number of fused-ring (bicyclic) bond motifs is 1. The quantitative estimate of drug-likeness (QED) is 0.710. The van der Waals surface area contributed by atoms with E-state index >= 15 is 0 Å². The summed E-state index contributed by atoms with van der Waals surface area (Å²) < 4.78 is 16.0. The molecule has 1 aromatic carbocycles. The van der Waals surface area contributed by atoms with E-state index in [-0.39, 0.29) is 19.2 Å². The summed E-state index contributed by atoms with van der Waals surface area (Å²) in [4.78, 5) is 10.9. The Hall–Kier alpha value is -1.95. The lowest BCUT2D eigenvalue weighted by molar-refractivity contribution is -0.119. The third-order valence-electron chi connectivity index (χ3n) is 2.44. The highest BCUT2D eigenvalue weighted by atomic mass is 16.7. The maximum Gasteiger partial charge on any atom is 0.233 e. The molecule has 0 aliphatic carbocycles. The first kappa shape index (κ1) is 12.5. The summed E-state index contributed by atoms with van der Waals surface area (Å²) in [5, 5.41) is 2.67. The summed E-state index contributed by atoms with van der Waals surface area (Å²) in [7, 11) is 0. The van der Waals surface area contributed by atoms with Crippen molar-refractivity contribution >= 4 is 5.91 Å². The topological polar surface area (TPSA) is 82.8 Å². The number of nitrogens with two attached hydrogens (primary N) is 1. The Labute approximate surface area is 105 Å². The maximum absolute atomic E-state index is 10.9. The van der Waals surface area contributed by atoms with Crippen molar-refractivity contribution in [3.63, 3.8) is 0 Å². The van der Waals surface area contributed by atoms with Crippen LogP contribution in [0.25, 0.3) is 0 Å². The van der Waals surface area contributed by atoms with Crippen LogP contribution in [0.5, 0.6) is 17.2 Å². The summed E-state index contributed by atoms with van der Waals surface area (Å²) in [6.07, 6.45) is 0.722. The molecule has 1 aliphatic heterocycles. The predicted molar refractivity (Wildman–Crippen MR) is 64.7 cm³/mol. The van der Waals surface area contributed by atoms with Crippen molar-refractivity contribution in [2.45, 2.75) is 6.42 Å². The molecule has 98 valence electrons. The number of benzene rings is 1. The van der Waals surface area contributed by atoms with Crippen LogP contribution in [0.3, 0.4) is 0 Å². The molecule has 0 atom stereocenters. The first-order chi connectivity index (χ1) is 8.79. The third kappa shape index (κ3) is 3.27. The SMILES string of the molecule is NCC(=O)NCCCOc1ccc2c(c1)OCO2. The van der Waals surface area contributed by atoms with Crippen LogP contribution >= 0.6 is 0 Å². The van der Waals surface area contributed by atoms with Crippen LogP contribution in [-0.2, 0) is 4.79 Å². The lowest BCUT2D eigenvalue weighted by atomic mass is 10.3. The van der Waals surface area contributed by atoms with E-state index in [9.17, 15) is 4.79 Å². The molecule has 1 heterocycles. The lowest BCUT2D eigenvalue weighted by Gasteiger charge is -2.07. The van der Waals surface area contributed by atoms with Crippen LogP contribution in [-0.4, -0.2) is 32.4 Å². The van der Waals surface area contributed by atoms with E-state index in [4.69, 9.17) is 19.9 Å². The molecule has 0 unspecified atom stereocenters. The Kier molecular flexibility index (Phi) is 4.25. The standard InChI is InChI=1S/C12H16N2O4/c13-7-12(15)14-4-1-5-16-9-2-3-10-11(6-9)18-8-17-10/h2-3,6H,1,4-5,7-8,13H2,(H,14,15). The Morgan fingerprint density at radius 3 is 3.06 bits per heavy atom. The average molecular weight is 252 g/mol. The van der Waals surface area contributed by atoms with Crippen LogP contribution in [0.2, 0.25) is 0 Å². The summed E-state index contributed by atoms with van der Waals surface area (Å²) >= 11 is 0. The molecule has 0 saturated heterocycles. The van der Waals surface area contributed by atoms with Gasteiger partial charge in [-0.05, 0) is 18.6 Å². The Balaban J connectivity index is 1.69. The highest BCUT2D eigenvalue weighted by Gasteiger charge is 2.13. The van der Waals surface area contributed by atoms with Gasteiger partial charge in [0.25, 0.3) is 0 Å². The predicted octanol–water partition coefficient (Wildman–Crippen LogP) is 0.259. The van der Waals surface area contributed by atoms with Gasteiger partial charge in [0.1, 0.15) is 5.75 Å². The van der Waals surface area contributed by atoms with E-state index < -0.39 is 0 Å². The highest BCUT2D eigenvalue weighted by molar-refractivity contribution is 5.77. The van der Waals surface area contributed by atoms with Gasteiger partial charge in [0, 0.05) is 12.6 Å². The third-order valence-corrected chi connectivity index (χ3v) is 2.44. The molecular weight excluding hydrogens is 236 g/mol. The van der Waals surface area contributed by atoms with Gasteiger partial charge in [-0.25, -0.2) is 0 Å². The zero-order chi connectivity index (χ0) is 12.8. The van der Waals surface area contributed by atoms with Crippen molar-refractivity contribution in [2.24, 2.45) is 5.73 Å². The molecule has 0 aromatic heterocycles. The van der Waals surface area contributed by atoms with Crippen LogP contribution in [0, 0.1) is 0 Å². The zero-order valence-electron chi connectivity index (χ0n) is 9.98. The van der Waals surface area contributed by atoms with Gasteiger partial charge in [-0.15, -0.1) is 0 Å². The molecule has 0 spiro atoms. The average Bonchev–Trinajstić information content (AvgIpc) is 2.85. The molecule has 0 radical (unpaired) electrons. The second-order valence-corrected chi connectivity index (χ2v) is 3.77. The summed E-state index contributed by atoms with van der Waals surface area (Å²) in [6, 6.07) is 5.43. The Bertz CT molecular complexity index is 423. The normalized spacial score (nSPS) is 12.3. The van der Waals surface area contributed by atoms with Crippen molar-refractivity contribution in [1.29, 1.82) is 0 Å². The van der Waals surface area contributed by atoms with Crippen molar-refractivity contribution in [1.82, 2.24) is 5.32 Å². The molecule has 0 bridgehead atoms. The van der Waals surface area contributed by atoms with Crippen molar-refractivity contribution in [2.75, 3.05) is 26.5 Å². The molecule has 2 rings (SSSR count). The van der Waals surface area contributed by atoms with E-state index in [1.54, 1.807) is 6.07 Å². The van der Waals surface area contributed by atoms with Gasteiger partial charge >= 0.3 is 0 Å². The number of carbonyl (C=O) groups excluding carboxylic acids is 1. The molecule has 6 nitrogen and oxygen atoms in total. The highest BCUT2D eigenvalue weighted by Crippen LogP contribution is 2.34. The Morgan fingerprint density at radius 2 is 2.22 bits per heavy atom. The molecule has 3 N–H and O–H groups in total. The molecule has 0 fully saturated rings. The summed E-state index contributed by atoms with van der Waals surface area (Å²) in [5.74, 6) is 2.00. The fourth-order valence-electron chi connectivity index (χ4n) is 1.53. The van der Waals surface area contributed by atoms with Crippen LogP contribution in [0.15, 0.2) is 18.2 Å². The fraction of sp³-hybridized carbons (Fsp3) is 0.417. The van der Waals surface area contributed by atoms with Gasteiger partial charge in [0.2, 0.25) is 12.7 Å². The minimum Gasteiger partial charge on any atom is -0.493 e. The molecule has 18 heavy (non-hydrogen) atoms. The van der Waals surface area contributed by atoms with Crippen LogP contribution in [0.1, 0.15) is 6.42 Å². The van der Waals surface area contributed by atoms with E-state index in [1.165, 1.54) is 0 Å². The molecule has 6 heteroatoms. The Morgan fingerprint density at radius 1 is 1.39 bits per heavy atom.